The molecular formula is C14H14FNO4. The molecule has 0 amide bonds. The number of halogens is 1. The van der Waals surface area contributed by atoms with Gasteiger partial charge in [-0.2, -0.15) is 0 Å². The minimum atomic E-state index is -0.626. The molecule has 0 aliphatic carbocycles. The lowest BCUT2D eigenvalue weighted by Crippen LogP contribution is -2.04. The van der Waals surface area contributed by atoms with E-state index in [1.807, 2.05) is 0 Å². The van der Waals surface area contributed by atoms with Crippen LogP contribution >= 0.6 is 0 Å². The van der Waals surface area contributed by atoms with Gasteiger partial charge in [0, 0.05) is 0 Å². The number of hydrogen-bond acceptors (Lipinski definition) is 5. The maximum Gasteiger partial charge on any atom is 0.376 e. The highest BCUT2D eigenvalue weighted by atomic mass is 19.1. The zero-order chi connectivity index (χ0) is 14.7. The first-order valence-corrected chi connectivity index (χ1v) is 6.05. The zero-order valence-corrected chi connectivity index (χ0v) is 11.4. The standard InChI is InChI=1S/C14H14FNO4/c1-4-19-14(17)12-8(2)16-13(20-12)11-9(15)6-5-7-10(11)18-3/h5-7H,4H2,1-3H3. The molecule has 0 fully saturated rings. The highest BCUT2D eigenvalue weighted by Gasteiger charge is 2.23. The van der Waals surface area contributed by atoms with Gasteiger partial charge in [-0.3, -0.25) is 0 Å². The van der Waals surface area contributed by atoms with Crippen LogP contribution in [-0.2, 0) is 4.74 Å². The lowest BCUT2D eigenvalue weighted by atomic mass is 10.2. The summed E-state index contributed by atoms with van der Waals surface area (Å²) in [5, 5.41) is 0. The van der Waals surface area contributed by atoms with E-state index in [4.69, 9.17) is 13.9 Å². The summed E-state index contributed by atoms with van der Waals surface area (Å²) >= 11 is 0. The van der Waals surface area contributed by atoms with Crippen molar-refractivity contribution in [2.45, 2.75) is 13.8 Å². The number of rotatable bonds is 4. The number of methoxy groups -OCH3 is 1. The molecule has 2 rings (SSSR count). The normalized spacial score (nSPS) is 10.4. The third-order valence-electron chi connectivity index (χ3n) is 2.67. The first-order valence-electron chi connectivity index (χ1n) is 6.05. The van der Waals surface area contributed by atoms with E-state index < -0.39 is 11.8 Å². The largest absolute Gasteiger partial charge is 0.496 e. The van der Waals surface area contributed by atoms with Crippen molar-refractivity contribution in [2.24, 2.45) is 0 Å². The van der Waals surface area contributed by atoms with Crippen LogP contribution in [0.25, 0.3) is 11.5 Å². The second-order valence-corrected chi connectivity index (χ2v) is 3.97. The van der Waals surface area contributed by atoms with Crippen LogP contribution in [0, 0.1) is 12.7 Å². The summed E-state index contributed by atoms with van der Waals surface area (Å²) in [4.78, 5) is 15.7. The van der Waals surface area contributed by atoms with Crippen LogP contribution in [0.4, 0.5) is 4.39 Å². The Morgan fingerprint density at radius 1 is 1.45 bits per heavy atom. The molecule has 0 radical (unpaired) electrons. The van der Waals surface area contributed by atoms with Gasteiger partial charge in [-0.1, -0.05) is 6.07 Å². The third-order valence-corrected chi connectivity index (χ3v) is 2.67. The Hall–Kier alpha value is -2.37. The Balaban J connectivity index is 2.50. The van der Waals surface area contributed by atoms with Gasteiger partial charge in [0.2, 0.25) is 11.7 Å². The SMILES string of the molecule is CCOC(=O)c1oc(-c2c(F)cccc2OC)nc1C. The van der Waals surface area contributed by atoms with Crippen LogP contribution in [0.5, 0.6) is 5.75 Å². The average Bonchev–Trinajstić information content (AvgIpc) is 2.80. The van der Waals surface area contributed by atoms with Crippen LogP contribution in [0.3, 0.4) is 0 Å². The van der Waals surface area contributed by atoms with E-state index in [1.54, 1.807) is 19.9 Å². The Labute approximate surface area is 115 Å². The number of carbonyl (C=O) groups is 1. The van der Waals surface area contributed by atoms with E-state index in [0.717, 1.165) is 0 Å². The van der Waals surface area contributed by atoms with Crippen molar-refractivity contribution in [3.05, 3.63) is 35.5 Å². The van der Waals surface area contributed by atoms with Crippen LogP contribution in [-0.4, -0.2) is 24.7 Å². The van der Waals surface area contributed by atoms with Gasteiger partial charge in [-0.05, 0) is 26.0 Å². The third kappa shape index (κ3) is 2.49. The van der Waals surface area contributed by atoms with Crippen molar-refractivity contribution < 1.29 is 23.1 Å². The first kappa shape index (κ1) is 14.0. The van der Waals surface area contributed by atoms with Gasteiger partial charge in [-0.15, -0.1) is 0 Å². The van der Waals surface area contributed by atoms with Crippen LogP contribution in [0.15, 0.2) is 22.6 Å². The lowest BCUT2D eigenvalue weighted by molar-refractivity contribution is 0.0490. The fourth-order valence-electron chi connectivity index (χ4n) is 1.77. The zero-order valence-electron chi connectivity index (χ0n) is 11.4. The molecule has 0 atom stereocenters. The number of ether oxygens (including phenoxy) is 2. The summed E-state index contributed by atoms with van der Waals surface area (Å²) in [6, 6.07) is 4.36. The number of benzene rings is 1. The van der Waals surface area contributed by atoms with Crippen LogP contribution in [0.2, 0.25) is 0 Å². The maximum absolute atomic E-state index is 13.9. The number of oxazole rings is 1. The summed E-state index contributed by atoms with van der Waals surface area (Å²) < 4.78 is 29.2. The summed E-state index contributed by atoms with van der Waals surface area (Å²) in [6.07, 6.45) is 0. The molecule has 1 aromatic heterocycles. The van der Waals surface area contributed by atoms with E-state index in [1.165, 1.54) is 19.2 Å². The molecule has 0 saturated carbocycles. The lowest BCUT2D eigenvalue weighted by Gasteiger charge is -2.05. The number of nitrogens with zero attached hydrogens (tertiary/aromatic N) is 1. The molecule has 5 nitrogen and oxygen atoms in total. The average molecular weight is 279 g/mol. The second kappa shape index (κ2) is 5.73. The molecule has 0 spiro atoms. The van der Waals surface area contributed by atoms with E-state index in [0.29, 0.717) is 5.69 Å². The monoisotopic (exact) mass is 279 g/mol. The predicted octanol–water partition coefficient (Wildman–Crippen LogP) is 2.97. The van der Waals surface area contributed by atoms with Crippen molar-refractivity contribution >= 4 is 5.97 Å². The van der Waals surface area contributed by atoms with Crippen molar-refractivity contribution in [3.63, 3.8) is 0 Å². The molecule has 6 heteroatoms. The maximum atomic E-state index is 13.9. The Morgan fingerprint density at radius 3 is 2.85 bits per heavy atom. The summed E-state index contributed by atoms with van der Waals surface area (Å²) in [5.74, 6) is -0.936. The number of esters is 1. The fraction of sp³-hybridized carbons (Fsp3) is 0.286. The summed E-state index contributed by atoms with van der Waals surface area (Å²) in [7, 11) is 1.42. The number of carbonyl (C=O) groups excluding carboxylic acids is 1. The molecule has 106 valence electrons. The molecule has 0 unspecified atom stereocenters. The molecule has 0 bridgehead atoms. The Bertz CT molecular complexity index is 636. The Morgan fingerprint density at radius 2 is 2.20 bits per heavy atom. The molecular weight excluding hydrogens is 265 g/mol. The van der Waals surface area contributed by atoms with Crippen LogP contribution in [0.1, 0.15) is 23.2 Å². The topological polar surface area (TPSA) is 61.6 Å². The summed E-state index contributed by atoms with van der Waals surface area (Å²) in [5.41, 5.74) is 0.414. The van der Waals surface area contributed by atoms with Gasteiger partial charge in [0.25, 0.3) is 0 Å². The molecule has 0 aliphatic heterocycles. The van der Waals surface area contributed by atoms with Crippen molar-refractivity contribution in [3.8, 4) is 17.2 Å². The van der Waals surface area contributed by atoms with Crippen molar-refractivity contribution in [1.29, 1.82) is 0 Å². The number of hydrogen-bond donors (Lipinski definition) is 0. The van der Waals surface area contributed by atoms with Gasteiger partial charge < -0.3 is 13.9 Å². The second-order valence-electron chi connectivity index (χ2n) is 3.97. The van der Waals surface area contributed by atoms with Gasteiger partial charge in [0.15, 0.2) is 0 Å². The van der Waals surface area contributed by atoms with Crippen molar-refractivity contribution in [2.75, 3.05) is 13.7 Å². The van der Waals surface area contributed by atoms with Gasteiger partial charge in [0.1, 0.15) is 17.1 Å². The first-order chi connectivity index (χ1) is 9.58. The molecule has 20 heavy (non-hydrogen) atoms. The van der Waals surface area contributed by atoms with Crippen LogP contribution < -0.4 is 4.74 Å². The number of aromatic nitrogens is 1. The van der Waals surface area contributed by atoms with Gasteiger partial charge >= 0.3 is 5.97 Å². The summed E-state index contributed by atoms with van der Waals surface area (Å²) in [6.45, 7) is 3.49. The minimum Gasteiger partial charge on any atom is -0.496 e. The molecule has 0 N–H and O–H groups in total. The number of aryl methyl sites for hydroxylation is 1. The van der Waals surface area contributed by atoms with E-state index >= 15 is 0 Å². The highest BCUT2D eigenvalue weighted by Crippen LogP contribution is 2.33. The Kier molecular flexibility index (Phi) is 4.02. The predicted molar refractivity (Wildman–Crippen MR) is 69.1 cm³/mol. The van der Waals surface area contributed by atoms with Gasteiger partial charge in [-0.25, -0.2) is 14.2 Å². The smallest absolute Gasteiger partial charge is 0.376 e. The molecule has 1 aromatic carbocycles. The van der Waals surface area contributed by atoms with E-state index in [9.17, 15) is 9.18 Å². The van der Waals surface area contributed by atoms with Gasteiger partial charge in [0.05, 0.1) is 19.4 Å². The minimum absolute atomic E-state index is 0.0134. The molecule has 1 heterocycles. The van der Waals surface area contributed by atoms with Crippen molar-refractivity contribution in [1.82, 2.24) is 4.98 Å². The quantitative estimate of drug-likeness (QED) is 0.805. The molecule has 0 aliphatic rings. The fourth-order valence-corrected chi connectivity index (χ4v) is 1.77. The molecule has 0 saturated heterocycles. The van der Waals surface area contributed by atoms with E-state index in [2.05, 4.69) is 4.98 Å². The highest BCUT2D eigenvalue weighted by molar-refractivity contribution is 5.88. The molecule has 2 aromatic rings. The van der Waals surface area contributed by atoms with E-state index in [-0.39, 0.29) is 29.6 Å².